The normalized spacial score (nSPS) is 14.2. The van der Waals surface area contributed by atoms with Gasteiger partial charge in [0.25, 0.3) is 0 Å². The summed E-state index contributed by atoms with van der Waals surface area (Å²) in [6.07, 6.45) is 3.86. The van der Waals surface area contributed by atoms with E-state index in [0.717, 1.165) is 87.6 Å². The van der Waals surface area contributed by atoms with E-state index in [0.29, 0.717) is 18.1 Å². The molecule has 9 nitrogen and oxygen atoms in total. The molecule has 0 radical (unpaired) electrons. The molecule has 0 aliphatic carbocycles. The first kappa shape index (κ1) is 26.6. The third kappa shape index (κ3) is 5.36. The molecule has 6 aromatic rings. The molecular weight excluding hydrogens is 550 g/mol. The molecule has 0 atom stereocenters. The number of aryl methyl sites for hydroxylation is 2. The number of ether oxygens (including phenoxy) is 3. The lowest BCUT2D eigenvalue weighted by molar-refractivity contribution is 0.0341. The van der Waals surface area contributed by atoms with Crippen LogP contribution < -0.4 is 9.47 Å². The van der Waals surface area contributed by atoms with Crippen molar-refractivity contribution in [3.05, 3.63) is 82.6 Å². The molecule has 1 aliphatic heterocycles. The van der Waals surface area contributed by atoms with Gasteiger partial charge in [-0.05, 0) is 49.2 Å². The summed E-state index contributed by atoms with van der Waals surface area (Å²) < 4.78 is 25.5. The number of imidazole rings is 1. The van der Waals surface area contributed by atoms with Crippen molar-refractivity contribution in [1.82, 2.24) is 24.5 Å². The zero-order chi connectivity index (χ0) is 28.6. The Morgan fingerprint density at radius 2 is 1.88 bits per heavy atom. The van der Waals surface area contributed by atoms with Crippen LogP contribution in [0.3, 0.4) is 0 Å². The summed E-state index contributed by atoms with van der Waals surface area (Å²) in [7, 11) is 1.65. The van der Waals surface area contributed by atoms with Gasteiger partial charge >= 0.3 is 0 Å². The maximum atomic E-state index is 6.41. The number of furan rings is 1. The van der Waals surface area contributed by atoms with E-state index in [1.54, 1.807) is 23.0 Å². The van der Waals surface area contributed by atoms with E-state index in [2.05, 4.69) is 47.3 Å². The van der Waals surface area contributed by atoms with Gasteiger partial charge < -0.3 is 18.6 Å². The topological polar surface area (TPSA) is 87.2 Å². The maximum Gasteiger partial charge on any atom is 0.212 e. The van der Waals surface area contributed by atoms with E-state index in [1.807, 2.05) is 37.5 Å². The fraction of sp³-hybridized carbons (Fsp3) is 0.281. The van der Waals surface area contributed by atoms with E-state index in [4.69, 9.17) is 28.6 Å². The Bertz CT molecular complexity index is 1840. The van der Waals surface area contributed by atoms with Crippen LogP contribution in [-0.2, 0) is 17.9 Å². The number of fused-ring (bicyclic) bond motifs is 2. The zero-order valence-electron chi connectivity index (χ0n) is 23.8. The molecule has 0 unspecified atom stereocenters. The average molecular weight is 582 g/mol. The molecule has 4 aromatic heterocycles. The number of rotatable bonds is 8. The van der Waals surface area contributed by atoms with Crippen molar-refractivity contribution in [2.24, 2.45) is 0 Å². The molecule has 5 heterocycles. The van der Waals surface area contributed by atoms with Crippen LogP contribution in [0.2, 0.25) is 0 Å². The minimum Gasteiger partial charge on any atom is -0.497 e. The van der Waals surface area contributed by atoms with Gasteiger partial charge in [0.15, 0.2) is 5.76 Å². The van der Waals surface area contributed by atoms with Crippen molar-refractivity contribution < 1.29 is 18.6 Å². The van der Waals surface area contributed by atoms with Crippen molar-refractivity contribution >= 4 is 27.3 Å². The van der Waals surface area contributed by atoms with Crippen LogP contribution in [0.4, 0.5) is 0 Å². The number of pyridine rings is 1. The molecule has 0 bridgehead atoms. The van der Waals surface area contributed by atoms with Gasteiger partial charge in [-0.1, -0.05) is 29.5 Å². The number of methoxy groups -OCH3 is 1. The van der Waals surface area contributed by atoms with Gasteiger partial charge in [0.05, 0.1) is 32.2 Å². The molecule has 0 amide bonds. The lowest BCUT2D eigenvalue weighted by Crippen LogP contribution is -2.35. The van der Waals surface area contributed by atoms with Crippen molar-refractivity contribution in [1.29, 1.82) is 0 Å². The first-order valence-corrected chi connectivity index (χ1v) is 14.8. The number of benzene rings is 2. The first-order chi connectivity index (χ1) is 20.5. The quantitative estimate of drug-likeness (QED) is 0.207. The van der Waals surface area contributed by atoms with Gasteiger partial charge in [0.2, 0.25) is 4.96 Å². The van der Waals surface area contributed by atoms with Gasteiger partial charge in [-0.25, -0.2) is 9.50 Å². The molecule has 10 heteroatoms. The molecule has 1 fully saturated rings. The molecule has 0 N–H and O–H groups in total. The van der Waals surface area contributed by atoms with Gasteiger partial charge in [-0.3, -0.25) is 9.88 Å². The molecule has 2 aromatic carbocycles. The monoisotopic (exact) mass is 581 g/mol. The minimum atomic E-state index is 0.349. The second-order valence-corrected chi connectivity index (χ2v) is 11.7. The summed E-state index contributed by atoms with van der Waals surface area (Å²) in [6.45, 7) is 8.76. The van der Waals surface area contributed by atoms with Crippen LogP contribution in [0.25, 0.3) is 38.6 Å². The Morgan fingerprint density at radius 3 is 2.67 bits per heavy atom. The summed E-state index contributed by atoms with van der Waals surface area (Å²) in [5.41, 5.74) is 6.60. The van der Waals surface area contributed by atoms with Crippen molar-refractivity contribution in [2.75, 3.05) is 33.4 Å². The summed E-state index contributed by atoms with van der Waals surface area (Å²) in [5, 5.41) is 6.39. The Morgan fingerprint density at radius 1 is 1.00 bits per heavy atom. The third-order valence-corrected chi connectivity index (χ3v) is 8.37. The number of hydrogen-bond donors (Lipinski definition) is 0. The fourth-order valence-corrected chi connectivity index (χ4v) is 5.97. The Kier molecular flexibility index (Phi) is 7.10. The largest absolute Gasteiger partial charge is 0.497 e. The standard InChI is InChI=1S/C32H31N5O4S/c1-20-4-6-23(27-7-5-22(16-33-27)17-36-8-10-39-11-9-36)13-29(20)40-19-24-12-25(38-3)14-30-26(24)15-31(41-30)28-18-37-32(34-28)42-21(2)35-37/h4-7,12-16,18H,8-11,17,19H2,1-3H3. The highest BCUT2D eigenvalue weighted by atomic mass is 32.1. The highest BCUT2D eigenvalue weighted by Gasteiger charge is 2.17. The van der Waals surface area contributed by atoms with Crippen molar-refractivity contribution in [2.45, 2.75) is 27.0 Å². The van der Waals surface area contributed by atoms with E-state index in [-0.39, 0.29) is 0 Å². The predicted molar refractivity (Wildman–Crippen MR) is 162 cm³/mol. The van der Waals surface area contributed by atoms with E-state index in [1.165, 1.54) is 5.56 Å². The Labute approximate surface area is 247 Å². The van der Waals surface area contributed by atoms with Crippen LogP contribution >= 0.6 is 11.3 Å². The average Bonchev–Trinajstić information content (AvgIpc) is 3.70. The lowest BCUT2D eigenvalue weighted by atomic mass is 10.1. The molecule has 1 saturated heterocycles. The molecule has 1 aliphatic rings. The second-order valence-electron chi connectivity index (χ2n) is 10.5. The van der Waals surface area contributed by atoms with Gasteiger partial charge in [-0.2, -0.15) is 5.10 Å². The number of hydrogen-bond acceptors (Lipinski definition) is 9. The van der Waals surface area contributed by atoms with Gasteiger partial charge in [0.1, 0.15) is 34.4 Å². The Balaban J connectivity index is 1.12. The van der Waals surface area contributed by atoms with E-state index in [9.17, 15) is 0 Å². The highest BCUT2D eigenvalue weighted by Crippen LogP contribution is 2.34. The van der Waals surface area contributed by atoms with Crippen LogP contribution in [0.5, 0.6) is 11.5 Å². The number of morpholine rings is 1. The van der Waals surface area contributed by atoms with E-state index >= 15 is 0 Å². The fourth-order valence-electron chi connectivity index (χ4n) is 5.24. The van der Waals surface area contributed by atoms with Gasteiger partial charge in [-0.15, -0.1) is 0 Å². The molecule has 0 saturated carbocycles. The Hall–Kier alpha value is -4.25. The third-order valence-electron chi connectivity index (χ3n) is 7.53. The summed E-state index contributed by atoms with van der Waals surface area (Å²) in [6, 6.07) is 16.4. The summed E-state index contributed by atoms with van der Waals surface area (Å²) in [4.78, 5) is 12.7. The minimum absolute atomic E-state index is 0.349. The predicted octanol–water partition coefficient (Wildman–Crippen LogP) is 6.30. The molecular formula is C32H31N5O4S. The van der Waals surface area contributed by atoms with Crippen LogP contribution in [-0.4, -0.2) is 57.9 Å². The highest BCUT2D eigenvalue weighted by molar-refractivity contribution is 7.16. The summed E-state index contributed by atoms with van der Waals surface area (Å²) >= 11 is 1.55. The first-order valence-electron chi connectivity index (χ1n) is 13.9. The number of nitrogens with zero attached hydrogens (tertiary/aromatic N) is 5. The van der Waals surface area contributed by atoms with Gasteiger partial charge in [0, 0.05) is 48.4 Å². The van der Waals surface area contributed by atoms with Crippen molar-refractivity contribution in [3.63, 3.8) is 0 Å². The van der Waals surface area contributed by atoms with Crippen LogP contribution in [0, 0.1) is 13.8 Å². The second kappa shape index (κ2) is 11.2. The lowest BCUT2D eigenvalue weighted by Gasteiger charge is -2.26. The smallest absolute Gasteiger partial charge is 0.212 e. The van der Waals surface area contributed by atoms with Crippen LogP contribution in [0.1, 0.15) is 21.7 Å². The van der Waals surface area contributed by atoms with E-state index < -0.39 is 0 Å². The molecule has 0 spiro atoms. The van der Waals surface area contributed by atoms with Crippen molar-refractivity contribution in [3.8, 4) is 34.2 Å². The molecule has 42 heavy (non-hydrogen) atoms. The van der Waals surface area contributed by atoms with Crippen LogP contribution in [0.15, 0.2) is 65.3 Å². The molecule has 214 valence electrons. The molecule has 7 rings (SSSR count). The zero-order valence-corrected chi connectivity index (χ0v) is 24.6. The number of aromatic nitrogens is 4. The SMILES string of the molecule is COc1cc(COc2cc(-c3ccc(CN4CCOCC4)cn3)ccc2C)c2cc(-c3cn4nc(C)sc4n3)oc2c1. The maximum absolute atomic E-state index is 6.41. The summed E-state index contributed by atoms with van der Waals surface area (Å²) in [5.74, 6) is 2.19.